The zero-order valence-electron chi connectivity index (χ0n) is 19.5. The molecule has 1 fully saturated rings. The molecule has 1 atom stereocenters. The summed E-state index contributed by atoms with van der Waals surface area (Å²) in [7, 11) is 1.84. The third-order valence-corrected chi connectivity index (χ3v) is 6.44. The number of hydrogen-bond acceptors (Lipinski definition) is 4. The highest BCUT2D eigenvalue weighted by Crippen LogP contribution is 2.17. The van der Waals surface area contributed by atoms with E-state index in [1.54, 1.807) is 0 Å². The van der Waals surface area contributed by atoms with Crippen LogP contribution in [-0.4, -0.2) is 51.8 Å². The number of halogens is 1. The molecule has 0 spiro atoms. The number of likely N-dealkylation sites (tertiary alicyclic amines) is 1. The molecule has 2 aromatic rings. The summed E-state index contributed by atoms with van der Waals surface area (Å²) in [6, 6.07) is 9.13. The molecule has 0 bridgehead atoms. The van der Waals surface area contributed by atoms with Crippen molar-refractivity contribution in [1.82, 2.24) is 30.3 Å². The van der Waals surface area contributed by atoms with Crippen LogP contribution in [0.2, 0.25) is 0 Å². The van der Waals surface area contributed by atoms with E-state index in [1.165, 1.54) is 49.9 Å². The first-order valence-electron chi connectivity index (χ1n) is 11.9. The number of benzene rings is 1. The molecule has 2 aliphatic heterocycles. The topological polar surface area (TPSA) is 70.4 Å². The molecule has 0 radical (unpaired) electrons. The molecule has 4 rings (SSSR count). The van der Waals surface area contributed by atoms with Gasteiger partial charge in [0.15, 0.2) is 11.8 Å². The fourth-order valence-electron chi connectivity index (χ4n) is 4.61. The number of guanidine groups is 1. The minimum Gasteiger partial charge on any atom is -0.352 e. The Morgan fingerprint density at radius 3 is 2.59 bits per heavy atom. The summed E-state index contributed by atoms with van der Waals surface area (Å²) in [6.07, 6.45) is 8.29. The maximum atomic E-state index is 4.62. The molecule has 1 unspecified atom stereocenters. The number of aryl methyl sites for hydroxylation is 2. The highest BCUT2D eigenvalue weighted by atomic mass is 127. The van der Waals surface area contributed by atoms with Crippen molar-refractivity contribution >= 4 is 29.9 Å². The van der Waals surface area contributed by atoms with Gasteiger partial charge in [-0.2, -0.15) is 5.10 Å². The molecule has 176 valence electrons. The first kappa shape index (κ1) is 25.0. The number of nitrogens with zero attached hydrogens (tertiary/aromatic N) is 5. The summed E-state index contributed by atoms with van der Waals surface area (Å²) in [5.74, 6) is 2.91. The first-order chi connectivity index (χ1) is 15.2. The van der Waals surface area contributed by atoms with Gasteiger partial charge in [-0.25, -0.2) is 9.67 Å². The molecule has 8 heteroatoms. The van der Waals surface area contributed by atoms with Gasteiger partial charge >= 0.3 is 0 Å². The van der Waals surface area contributed by atoms with Crippen LogP contribution in [0.3, 0.4) is 0 Å². The number of fused-ring (bicyclic) bond motifs is 1. The van der Waals surface area contributed by atoms with E-state index in [-0.39, 0.29) is 24.0 Å². The zero-order chi connectivity index (χ0) is 21.5. The second kappa shape index (κ2) is 12.5. The fraction of sp³-hybridized carbons (Fsp3) is 0.625. The smallest absolute Gasteiger partial charge is 0.191 e. The van der Waals surface area contributed by atoms with Gasteiger partial charge in [-0.1, -0.05) is 44.0 Å². The molecular formula is C24H38IN7. The summed E-state index contributed by atoms with van der Waals surface area (Å²) in [5, 5.41) is 11.8. The van der Waals surface area contributed by atoms with E-state index < -0.39 is 0 Å². The lowest BCUT2D eigenvalue weighted by atomic mass is 10.1. The minimum absolute atomic E-state index is 0. The summed E-state index contributed by atoms with van der Waals surface area (Å²) < 4.78 is 2.06. The van der Waals surface area contributed by atoms with Crippen LogP contribution in [0, 0.1) is 0 Å². The highest BCUT2D eigenvalue weighted by molar-refractivity contribution is 14.0. The van der Waals surface area contributed by atoms with Crippen LogP contribution in [0.4, 0.5) is 0 Å². The van der Waals surface area contributed by atoms with Gasteiger partial charge in [0.2, 0.25) is 0 Å². The monoisotopic (exact) mass is 551 g/mol. The van der Waals surface area contributed by atoms with Crippen molar-refractivity contribution in [2.24, 2.45) is 4.99 Å². The molecule has 7 nitrogen and oxygen atoms in total. The summed E-state index contributed by atoms with van der Waals surface area (Å²) >= 11 is 0. The van der Waals surface area contributed by atoms with Gasteiger partial charge in [0.1, 0.15) is 5.82 Å². The van der Waals surface area contributed by atoms with Crippen LogP contribution >= 0.6 is 24.0 Å². The molecule has 0 aliphatic carbocycles. The van der Waals surface area contributed by atoms with Crippen LogP contribution in [0.15, 0.2) is 29.3 Å². The molecule has 2 N–H and O–H groups in total. The number of nitrogens with one attached hydrogen (secondary N) is 2. The maximum Gasteiger partial charge on any atom is 0.191 e. The zero-order valence-corrected chi connectivity index (χ0v) is 21.8. The van der Waals surface area contributed by atoms with Gasteiger partial charge in [-0.3, -0.25) is 9.89 Å². The van der Waals surface area contributed by atoms with Gasteiger partial charge in [0, 0.05) is 39.0 Å². The van der Waals surface area contributed by atoms with E-state index in [0.717, 1.165) is 56.5 Å². The SMILES string of the molecule is CCc1nc2n(n1)CC(NC(=NC)NCc1ccccc1CN1CCCCCC1)CC2.I. The lowest BCUT2D eigenvalue weighted by Crippen LogP contribution is -2.46. The third-order valence-electron chi connectivity index (χ3n) is 6.44. The van der Waals surface area contributed by atoms with E-state index in [0.29, 0.717) is 6.04 Å². The van der Waals surface area contributed by atoms with Crippen LogP contribution in [0.5, 0.6) is 0 Å². The van der Waals surface area contributed by atoms with Crippen molar-refractivity contribution in [3.05, 3.63) is 47.0 Å². The normalized spacial score (nSPS) is 19.6. The largest absolute Gasteiger partial charge is 0.352 e. The van der Waals surface area contributed by atoms with Gasteiger partial charge < -0.3 is 10.6 Å². The van der Waals surface area contributed by atoms with E-state index in [9.17, 15) is 0 Å². The maximum absolute atomic E-state index is 4.62. The Kier molecular flexibility index (Phi) is 9.77. The van der Waals surface area contributed by atoms with Crippen molar-refractivity contribution in [3.63, 3.8) is 0 Å². The Balaban J connectivity index is 0.00000289. The van der Waals surface area contributed by atoms with Gasteiger partial charge in [-0.05, 0) is 43.5 Å². The molecular weight excluding hydrogens is 513 g/mol. The second-order valence-electron chi connectivity index (χ2n) is 8.74. The van der Waals surface area contributed by atoms with Crippen molar-refractivity contribution in [3.8, 4) is 0 Å². The third kappa shape index (κ3) is 6.66. The Hall–Kier alpha value is -1.68. The van der Waals surface area contributed by atoms with Crippen LogP contribution in [-0.2, 0) is 32.5 Å². The van der Waals surface area contributed by atoms with Crippen molar-refractivity contribution < 1.29 is 0 Å². The molecule has 1 aromatic carbocycles. The predicted octanol–water partition coefficient (Wildman–Crippen LogP) is 3.51. The molecule has 32 heavy (non-hydrogen) atoms. The van der Waals surface area contributed by atoms with E-state index in [2.05, 4.69) is 66.5 Å². The number of aliphatic imine (C=N–C) groups is 1. The Labute approximate surface area is 209 Å². The average Bonchev–Trinajstić information content (AvgIpc) is 3.04. The van der Waals surface area contributed by atoms with Crippen molar-refractivity contribution in [2.45, 2.75) is 77.5 Å². The average molecular weight is 552 g/mol. The standard InChI is InChI=1S/C24H37N7.HI/c1-3-22-28-23-13-12-21(18-31(23)29-22)27-24(25-2)26-16-19-10-6-7-11-20(19)17-30-14-8-4-5-9-15-30;/h6-7,10-11,21H,3-5,8-9,12-18H2,1-2H3,(H2,25,26,27);1H. The lowest BCUT2D eigenvalue weighted by Gasteiger charge is -2.26. The summed E-state index contributed by atoms with van der Waals surface area (Å²) in [6.45, 7) is 7.21. The van der Waals surface area contributed by atoms with Gasteiger partial charge in [-0.15, -0.1) is 24.0 Å². The lowest BCUT2D eigenvalue weighted by molar-refractivity contribution is 0.276. The quantitative estimate of drug-likeness (QED) is 0.327. The fourth-order valence-corrected chi connectivity index (χ4v) is 4.61. The van der Waals surface area contributed by atoms with Crippen molar-refractivity contribution in [1.29, 1.82) is 0 Å². The molecule has 1 aromatic heterocycles. The molecule has 0 saturated carbocycles. The summed E-state index contributed by atoms with van der Waals surface area (Å²) in [5.41, 5.74) is 2.77. The first-order valence-corrected chi connectivity index (χ1v) is 11.9. The van der Waals surface area contributed by atoms with Crippen LogP contribution in [0.25, 0.3) is 0 Å². The summed E-state index contributed by atoms with van der Waals surface area (Å²) in [4.78, 5) is 11.7. The van der Waals surface area contributed by atoms with Crippen molar-refractivity contribution in [2.75, 3.05) is 20.1 Å². The molecule has 0 amide bonds. The van der Waals surface area contributed by atoms with Gasteiger partial charge in [0.05, 0.1) is 6.54 Å². The number of rotatable bonds is 6. The van der Waals surface area contributed by atoms with E-state index in [1.807, 2.05) is 7.05 Å². The predicted molar refractivity (Wildman–Crippen MR) is 140 cm³/mol. The second-order valence-corrected chi connectivity index (χ2v) is 8.74. The molecule has 1 saturated heterocycles. The van der Waals surface area contributed by atoms with E-state index >= 15 is 0 Å². The Bertz CT molecular complexity index is 871. The minimum atomic E-state index is 0. The van der Waals surface area contributed by atoms with Crippen LogP contribution in [0.1, 0.15) is 61.8 Å². The van der Waals surface area contributed by atoms with Crippen LogP contribution < -0.4 is 10.6 Å². The van der Waals surface area contributed by atoms with E-state index in [4.69, 9.17) is 0 Å². The molecule has 2 aliphatic rings. The van der Waals surface area contributed by atoms with Gasteiger partial charge in [0.25, 0.3) is 0 Å². The number of aromatic nitrogens is 3. The molecule has 3 heterocycles. The Morgan fingerprint density at radius 1 is 1.12 bits per heavy atom. The number of hydrogen-bond donors (Lipinski definition) is 2. The highest BCUT2D eigenvalue weighted by Gasteiger charge is 2.22. The Morgan fingerprint density at radius 2 is 1.88 bits per heavy atom.